The maximum Gasteiger partial charge on any atom is 0.328 e. The quantitative estimate of drug-likeness (QED) is 0.127. The van der Waals surface area contributed by atoms with Gasteiger partial charge in [-0.05, 0) is 116 Å². The van der Waals surface area contributed by atoms with E-state index >= 15 is 0 Å². The van der Waals surface area contributed by atoms with E-state index in [1.165, 1.54) is 104 Å². The summed E-state index contributed by atoms with van der Waals surface area (Å²) in [6.07, 6.45) is 0. The van der Waals surface area contributed by atoms with E-state index in [1.54, 1.807) is 0 Å². The molecule has 0 aliphatic carbocycles. The Morgan fingerprint density at radius 3 is 1.33 bits per heavy atom. The van der Waals surface area contributed by atoms with Gasteiger partial charge in [0.15, 0.2) is 0 Å². The van der Waals surface area contributed by atoms with Gasteiger partial charge in [-0.25, -0.2) is 0 Å². The van der Waals surface area contributed by atoms with Gasteiger partial charge >= 0.3 is 6.85 Å². The van der Waals surface area contributed by atoms with Gasteiger partial charge in [0.25, 0.3) is 0 Å². The summed E-state index contributed by atoms with van der Waals surface area (Å²) in [6.45, 7) is -0.110. The number of aromatic nitrogens is 2. The lowest BCUT2D eigenvalue weighted by atomic mass is 9.45. The average molecular weight is 812 g/mol. The third-order valence-electron chi connectivity index (χ3n) is 13.9. The van der Waals surface area contributed by atoms with E-state index < -0.39 is 0 Å². The Morgan fingerprint density at radius 1 is 0.266 bits per heavy atom. The van der Waals surface area contributed by atoms with Crippen LogP contribution in [0.5, 0.6) is 0 Å². The zero-order valence-corrected chi connectivity index (χ0v) is 34.9. The Balaban J connectivity index is 1.11. The standard InChI is InChI=1S/C60H38BN3/c1-4-18-39(19-5-1)61-55-37-58-52(48-28-15-17-31-57(48)63(58)42-32-33-47-45-26-11-10-24-43(45)44-25-12-13-27-46(44)50(47)34-42)35-51(55)54-36-53-49-29-14-16-30-56(49)62(40-20-6-2-7-21-40)59(53)38-60(54)64(61)41-22-8-3-9-23-41/h1-38H. The minimum atomic E-state index is -0.110. The van der Waals surface area contributed by atoms with Crippen LogP contribution in [-0.4, -0.2) is 16.0 Å². The Bertz CT molecular complexity index is 3980. The molecule has 2 aromatic heterocycles. The molecule has 3 heterocycles. The summed E-state index contributed by atoms with van der Waals surface area (Å²) >= 11 is 0. The van der Waals surface area contributed by atoms with Crippen LogP contribution in [0.25, 0.3) is 98.4 Å². The van der Waals surface area contributed by atoms with Crippen LogP contribution in [-0.2, 0) is 0 Å². The highest BCUT2D eigenvalue weighted by atomic mass is 15.1. The molecule has 0 amide bonds. The second-order valence-corrected chi connectivity index (χ2v) is 17.2. The normalized spacial score (nSPS) is 12.6. The summed E-state index contributed by atoms with van der Waals surface area (Å²) in [7, 11) is 0. The minimum absolute atomic E-state index is 0.110. The molecular formula is C60H38BN3. The third-order valence-corrected chi connectivity index (χ3v) is 13.9. The first kappa shape index (κ1) is 35.3. The highest BCUT2D eigenvalue weighted by Gasteiger charge is 2.39. The van der Waals surface area contributed by atoms with E-state index in [-0.39, 0.29) is 6.85 Å². The van der Waals surface area contributed by atoms with Crippen molar-refractivity contribution in [3.8, 4) is 22.5 Å². The van der Waals surface area contributed by atoms with Crippen LogP contribution in [0.4, 0.5) is 11.4 Å². The van der Waals surface area contributed by atoms with Crippen molar-refractivity contribution in [3.05, 3.63) is 231 Å². The molecule has 13 aromatic rings. The molecule has 0 spiro atoms. The zero-order valence-electron chi connectivity index (χ0n) is 34.9. The number of hydrogen-bond donors (Lipinski definition) is 0. The maximum atomic E-state index is 2.59. The van der Waals surface area contributed by atoms with Crippen LogP contribution in [0.2, 0.25) is 0 Å². The van der Waals surface area contributed by atoms with Crippen LogP contribution >= 0.6 is 0 Å². The van der Waals surface area contributed by atoms with Crippen LogP contribution < -0.4 is 15.7 Å². The number of para-hydroxylation sites is 4. The van der Waals surface area contributed by atoms with Crippen molar-refractivity contribution < 1.29 is 0 Å². The fourth-order valence-corrected chi connectivity index (χ4v) is 11.2. The molecule has 296 valence electrons. The van der Waals surface area contributed by atoms with Gasteiger partial charge in [-0.2, -0.15) is 0 Å². The summed E-state index contributed by atoms with van der Waals surface area (Å²) in [5, 5.41) is 12.6. The lowest BCUT2D eigenvalue weighted by molar-refractivity contribution is 1.18. The van der Waals surface area contributed by atoms with Crippen molar-refractivity contribution in [2.24, 2.45) is 0 Å². The molecule has 0 atom stereocenters. The molecule has 3 nitrogen and oxygen atoms in total. The van der Waals surface area contributed by atoms with Crippen molar-refractivity contribution >= 4 is 105 Å². The van der Waals surface area contributed by atoms with Crippen molar-refractivity contribution in [1.29, 1.82) is 0 Å². The molecule has 0 saturated heterocycles. The monoisotopic (exact) mass is 811 g/mol. The van der Waals surface area contributed by atoms with E-state index in [9.17, 15) is 0 Å². The fraction of sp³-hybridized carbons (Fsp3) is 0. The number of hydrogen-bond acceptors (Lipinski definition) is 1. The topological polar surface area (TPSA) is 13.1 Å². The third kappa shape index (κ3) is 4.99. The fourth-order valence-electron chi connectivity index (χ4n) is 11.2. The van der Waals surface area contributed by atoms with Crippen LogP contribution in [0, 0.1) is 0 Å². The molecule has 64 heavy (non-hydrogen) atoms. The Kier molecular flexibility index (Phi) is 7.49. The van der Waals surface area contributed by atoms with Gasteiger partial charge in [0.2, 0.25) is 0 Å². The van der Waals surface area contributed by atoms with Crippen molar-refractivity contribution in [2.75, 3.05) is 4.81 Å². The predicted octanol–water partition coefficient (Wildman–Crippen LogP) is 14.3. The first-order valence-corrected chi connectivity index (χ1v) is 22.2. The highest BCUT2D eigenvalue weighted by Crippen LogP contribution is 2.47. The lowest BCUT2D eigenvalue weighted by Crippen LogP contribution is -2.57. The molecule has 0 saturated carbocycles. The predicted molar refractivity (Wildman–Crippen MR) is 273 cm³/mol. The molecule has 1 aliphatic rings. The van der Waals surface area contributed by atoms with Gasteiger partial charge in [-0.15, -0.1) is 0 Å². The molecule has 4 heteroatoms. The zero-order chi connectivity index (χ0) is 41.9. The number of anilines is 2. The van der Waals surface area contributed by atoms with Crippen molar-refractivity contribution in [3.63, 3.8) is 0 Å². The van der Waals surface area contributed by atoms with Crippen LogP contribution in [0.15, 0.2) is 231 Å². The van der Waals surface area contributed by atoms with Crippen molar-refractivity contribution in [2.45, 2.75) is 0 Å². The van der Waals surface area contributed by atoms with Crippen molar-refractivity contribution in [1.82, 2.24) is 9.13 Å². The molecule has 1 aliphatic heterocycles. The van der Waals surface area contributed by atoms with Crippen LogP contribution in [0.3, 0.4) is 0 Å². The molecule has 0 unspecified atom stereocenters. The summed E-state index contributed by atoms with van der Waals surface area (Å²) in [4.78, 5) is 2.59. The Labute approximate surface area is 370 Å². The highest BCUT2D eigenvalue weighted by molar-refractivity contribution is 6.91. The number of benzene rings is 11. The molecular weight excluding hydrogens is 773 g/mol. The summed E-state index contributed by atoms with van der Waals surface area (Å²) in [6, 6.07) is 85.5. The van der Waals surface area contributed by atoms with Gasteiger partial charge < -0.3 is 13.9 Å². The van der Waals surface area contributed by atoms with E-state index in [0.29, 0.717) is 0 Å². The maximum absolute atomic E-state index is 2.59. The molecule has 11 aromatic carbocycles. The molecule has 14 rings (SSSR count). The van der Waals surface area contributed by atoms with Gasteiger partial charge in [0.1, 0.15) is 0 Å². The second kappa shape index (κ2) is 13.6. The summed E-state index contributed by atoms with van der Waals surface area (Å²) < 4.78 is 4.95. The molecule has 0 radical (unpaired) electrons. The SMILES string of the molecule is c1ccc(B2c3cc4c(cc3-c3cc5c6ccccc6n(-c6ccccc6)c5cc3N2c2ccccc2)c2ccccc2n4-c2ccc3c4ccccc4c4ccccc4c3c2)cc1. The van der Waals surface area contributed by atoms with E-state index in [4.69, 9.17) is 0 Å². The smallest absolute Gasteiger partial charge is 0.328 e. The van der Waals surface area contributed by atoms with E-state index in [2.05, 4.69) is 244 Å². The number of fused-ring (bicyclic) bond motifs is 15. The molecule has 0 bridgehead atoms. The lowest BCUT2D eigenvalue weighted by Gasteiger charge is -2.39. The summed E-state index contributed by atoms with van der Waals surface area (Å²) in [5.74, 6) is 0. The first-order valence-electron chi connectivity index (χ1n) is 22.2. The van der Waals surface area contributed by atoms with E-state index in [1.807, 2.05) is 0 Å². The number of rotatable bonds is 4. The largest absolute Gasteiger partial charge is 0.376 e. The Hall–Kier alpha value is -8.34. The molecule has 0 N–H and O–H groups in total. The second-order valence-electron chi connectivity index (χ2n) is 17.2. The van der Waals surface area contributed by atoms with Gasteiger partial charge in [0, 0.05) is 49.9 Å². The summed E-state index contributed by atoms with van der Waals surface area (Å²) in [5.41, 5.74) is 14.5. The van der Waals surface area contributed by atoms with Gasteiger partial charge in [-0.3, -0.25) is 0 Å². The van der Waals surface area contributed by atoms with Gasteiger partial charge in [-0.1, -0.05) is 163 Å². The number of nitrogens with zero attached hydrogens (tertiary/aromatic N) is 3. The first-order chi connectivity index (χ1) is 31.8. The average Bonchev–Trinajstić information content (AvgIpc) is 3.87. The minimum Gasteiger partial charge on any atom is -0.376 e. The molecule has 0 fully saturated rings. The Morgan fingerprint density at radius 2 is 0.719 bits per heavy atom. The van der Waals surface area contributed by atoms with E-state index in [0.717, 1.165) is 17.1 Å². The van der Waals surface area contributed by atoms with Crippen LogP contribution in [0.1, 0.15) is 0 Å². The van der Waals surface area contributed by atoms with Gasteiger partial charge in [0.05, 0.1) is 22.1 Å².